The van der Waals surface area contributed by atoms with Crippen molar-refractivity contribution in [2.75, 3.05) is 20.9 Å². The van der Waals surface area contributed by atoms with Crippen molar-refractivity contribution < 1.29 is 14.3 Å². The molecule has 2 aromatic rings. The number of nitrogens with zero attached hydrogens (tertiary/aromatic N) is 3. The summed E-state index contributed by atoms with van der Waals surface area (Å²) in [7, 11) is 3.78. The molecule has 0 saturated heterocycles. The Balaban J connectivity index is 1.77. The minimum absolute atomic E-state index is 0.0602. The number of amides is 1. The highest BCUT2D eigenvalue weighted by Crippen LogP contribution is 2.35. The zero-order valence-electron chi connectivity index (χ0n) is 16.9. The van der Waals surface area contributed by atoms with Crippen LogP contribution in [-0.2, 0) is 11.3 Å². The van der Waals surface area contributed by atoms with Crippen LogP contribution in [0.1, 0.15) is 48.4 Å². The molecule has 0 radical (unpaired) electrons. The largest absolute Gasteiger partial charge is 0.454 e. The highest BCUT2D eigenvalue weighted by atomic mass is 16.7. The maximum absolute atomic E-state index is 13.0. The lowest BCUT2D eigenvalue weighted by molar-refractivity contribution is -0.125. The fourth-order valence-electron chi connectivity index (χ4n) is 3.50. The number of ether oxygens (including phenoxy) is 2. The van der Waals surface area contributed by atoms with E-state index in [1.807, 2.05) is 55.7 Å². The van der Waals surface area contributed by atoms with Crippen molar-refractivity contribution >= 4 is 5.91 Å². The molecule has 0 spiro atoms. The van der Waals surface area contributed by atoms with Crippen LogP contribution in [0.25, 0.3) is 0 Å². The third-order valence-corrected chi connectivity index (χ3v) is 4.88. The van der Waals surface area contributed by atoms with Crippen LogP contribution in [0, 0.1) is 13.8 Å². The van der Waals surface area contributed by atoms with E-state index < -0.39 is 6.04 Å². The Hall–Kier alpha value is -2.54. The van der Waals surface area contributed by atoms with E-state index in [2.05, 4.69) is 24.3 Å². The average Bonchev–Trinajstić information content (AvgIpc) is 3.17. The molecule has 1 atom stereocenters. The Morgan fingerprint density at radius 3 is 2.59 bits per heavy atom. The van der Waals surface area contributed by atoms with E-state index in [-0.39, 0.29) is 18.7 Å². The highest BCUT2D eigenvalue weighted by Gasteiger charge is 2.26. The zero-order valence-corrected chi connectivity index (χ0v) is 16.9. The van der Waals surface area contributed by atoms with E-state index in [4.69, 9.17) is 9.47 Å². The first kappa shape index (κ1) is 19.2. The molecule has 1 aliphatic rings. The number of carbonyl (C=O) groups excluding carboxylic acids is 1. The van der Waals surface area contributed by atoms with Gasteiger partial charge in [0, 0.05) is 23.8 Å². The molecule has 1 aromatic heterocycles. The summed E-state index contributed by atoms with van der Waals surface area (Å²) in [5.41, 5.74) is 3.98. The molecule has 1 amide bonds. The second-order valence-corrected chi connectivity index (χ2v) is 7.38. The molecule has 1 aliphatic heterocycles. The first-order valence-corrected chi connectivity index (χ1v) is 9.17. The lowest BCUT2D eigenvalue weighted by Crippen LogP contribution is -2.36. The summed E-state index contributed by atoms with van der Waals surface area (Å²) in [6.07, 6.45) is 0. The van der Waals surface area contributed by atoms with E-state index in [1.165, 1.54) is 0 Å². The van der Waals surface area contributed by atoms with Crippen LogP contribution < -0.4 is 14.8 Å². The maximum atomic E-state index is 13.0. The van der Waals surface area contributed by atoms with Crippen molar-refractivity contribution in [3.05, 3.63) is 40.7 Å². The molecule has 0 aliphatic carbocycles. The molecule has 0 fully saturated rings. The number of benzene rings is 1. The van der Waals surface area contributed by atoms with E-state index in [1.54, 1.807) is 0 Å². The maximum Gasteiger partial charge on any atom is 0.242 e. The van der Waals surface area contributed by atoms with Gasteiger partial charge in [-0.05, 0) is 59.5 Å². The number of nitrogens with one attached hydrogen (secondary N) is 1. The summed E-state index contributed by atoms with van der Waals surface area (Å²) in [4.78, 5) is 14.9. The number of carbonyl (C=O) groups is 1. The van der Waals surface area contributed by atoms with Gasteiger partial charge in [0.15, 0.2) is 11.5 Å². The summed E-state index contributed by atoms with van der Waals surface area (Å²) in [6.45, 7) is 8.90. The van der Waals surface area contributed by atoms with Crippen molar-refractivity contribution in [1.29, 1.82) is 0 Å². The molecule has 146 valence electrons. The molecule has 0 saturated carbocycles. The topological polar surface area (TPSA) is 68.6 Å². The fourth-order valence-corrected chi connectivity index (χ4v) is 3.50. The van der Waals surface area contributed by atoms with Crippen LogP contribution in [-0.4, -0.2) is 41.5 Å². The molecule has 0 bridgehead atoms. The number of fused-ring (bicyclic) bond motifs is 1. The van der Waals surface area contributed by atoms with Crippen molar-refractivity contribution in [2.24, 2.45) is 0 Å². The van der Waals surface area contributed by atoms with Gasteiger partial charge in [0.2, 0.25) is 12.7 Å². The quantitative estimate of drug-likeness (QED) is 0.844. The molecular weight excluding hydrogens is 344 g/mol. The van der Waals surface area contributed by atoms with Crippen LogP contribution in [0.15, 0.2) is 18.2 Å². The number of aryl methyl sites for hydroxylation is 1. The molecular formula is C20H28N4O3. The monoisotopic (exact) mass is 372 g/mol. The predicted octanol–water partition coefficient (Wildman–Crippen LogP) is 2.73. The third-order valence-electron chi connectivity index (χ3n) is 4.88. The van der Waals surface area contributed by atoms with Gasteiger partial charge in [-0.15, -0.1) is 0 Å². The molecule has 1 aromatic carbocycles. The van der Waals surface area contributed by atoms with Crippen LogP contribution in [0.4, 0.5) is 0 Å². The lowest BCUT2D eigenvalue weighted by Gasteiger charge is -2.24. The van der Waals surface area contributed by atoms with Gasteiger partial charge in [0.1, 0.15) is 6.04 Å². The SMILES string of the molecule is Cc1nn(C(C)C)c(C)c1CNC(=O)[C@@H](c1ccc2c(c1)OCO2)N(C)C. The minimum atomic E-state index is -0.416. The number of hydrogen-bond acceptors (Lipinski definition) is 5. The Morgan fingerprint density at radius 2 is 1.96 bits per heavy atom. The number of hydrogen-bond donors (Lipinski definition) is 1. The molecule has 3 rings (SSSR count). The minimum Gasteiger partial charge on any atom is -0.454 e. The van der Waals surface area contributed by atoms with Gasteiger partial charge >= 0.3 is 0 Å². The molecule has 0 unspecified atom stereocenters. The Bertz CT molecular complexity index is 842. The van der Waals surface area contributed by atoms with Gasteiger partial charge in [0.25, 0.3) is 0 Å². The number of rotatable bonds is 6. The Labute approximate surface area is 160 Å². The summed E-state index contributed by atoms with van der Waals surface area (Å²) in [5, 5.41) is 7.66. The van der Waals surface area contributed by atoms with Crippen LogP contribution in [0.3, 0.4) is 0 Å². The molecule has 1 N–H and O–H groups in total. The standard InChI is InChI=1S/C20H28N4O3/c1-12(2)24-14(4)16(13(3)22-24)10-21-20(25)19(23(5)6)15-7-8-17-18(9-15)27-11-26-17/h7-9,12,19H,10-11H2,1-6H3,(H,21,25)/t19-/m1/s1. The molecule has 7 nitrogen and oxygen atoms in total. The van der Waals surface area contributed by atoms with Crippen LogP contribution >= 0.6 is 0 Å². The van der Waals surface area contributed by atoms with Crippen molar-refractivity contribution in [2.45, 2.75) is 46.3 Å². The van der Waals surface area contributed by atoms with Gasteiger partial charge in [0.05, 0.1) is 5.69 Å². The van der Waals surface area contributed by atoms with E-state index >= 15 is 0 Å². The van der Waals surface area contributed by atoms with Gasteiger partial charge in [-0.3, -0.25) is 14.4 Å². The van der Waals surface area contributed by atoms with Crippen molar-refractivity contribution in [3.63, 3.8) is 0 Å². The first-order chi connectivity index (χ1) is 12.8. The average molecular weight is 372 g/mol. The normalized spacial score (nSPS) is 14.1. The van der Waals surface area contributed by atoms with E-state index in [0.29, 0.717) is 18.0 Å². The summed E-state index contributed by atoms with van der Waals surface area (Å²) >= 11 is 0. The summed E-state index contributed by atoms with van der Waals surface area (Å²) in [5.74, 6) is 1.33. The van der Waals surface area contributed by atoms with Crippen molar-refractivity contribution in [1.82, 2.24) is 20.0 Å². The van der Waals surface area contributed by atoms with Crippen LogP contribution in [0.2, 0.25) is 0 Å². The smallest absolute Gasteiger partial charge is 0.242 e. The summed E-state index contributed by atoms with van der Waals surface area (Å²) in [6, 6.07) is 5.50. The number of aromatic nitrogens is 2. The lowest BCUT2D eigenvalue weighted by atomic mass is 10.0. The van der Waals surface area contributed by atoms with Gasteiger partial charge < -0.3 is 14.8 Å². The Kier molecular flexibility index (Phi) is 5.41. The van der Waals surface area contributed by atoms with Gasteiger partial charge in [-0.2, -0.15) is 5.10 Å². The molecule has 27 heavy (non-hydrogen) atoms. The van der Waals surface area contributed by atoms with Gasteiger partial charge in [-0.1, -0.05) is 6.07 Å². The fraction of sp³-hybridized carbons (Fsp3) is 0.500. The highest BCUT2D eigenvalue weighted by molar-refractivity contribution is 5.83. The molecule has 2 heterocycles. The third kappa shape index (κ3) is 3.78. The summed E-state index contributed by atoms with van der Waals surface area (Å²) < 4.78 is 12.8. The predicted molar refractivity (Wildman–Crippen MR) is 103 cm³/mol. The first-order valence-electron chi connectivity index (χ1n) is 9.17. The number of likely N-dealkylation sites (N-methyl/N-ethyl adjacent to an activating group) is 1. The van der Waals surface area contributed by atoms with E-state index in [9.17, 15) is 4.79 Å². The van der Waals surface area contributed by atoms with E-state index in [0.717, 1.165) is 22.5 Å². The Morgan fingerprint density at radius 1 is 1.26 bits per heavy atom. The zero-order chi connectivity index (χ0) is 19.7. The molecule has 7 heteroatoms. The van der Waals surface area contributed by atoms with Crippen LogP contribution in [0.5, 0.6) is 11.5 Å². The van der Waals surface area contributed by atoms with Crippen molar-refractivity contribution in [3.8, 4) is 11.5 Å². The second kappa shape index (κ2) is 7.60. The second-order valence-electron chi connectivity index (χ2n) is 7.38. The van der Waals surface area contributed by atoms with Gasteiger partial charge in [-0.25, -0.2) is 0 Å².